The van der Waals surface area contributed by atoms with Gasteiger partial charge in [0.25, 0.3) is 0 Å². The highest BCUT2D eigenvalue weighted by atomic mass is 32.2. The summed E-state index contributed by atoms with van der Waals surface area (Å²) in [6.07, 6.45) is 2.92. The van der Waals surface area contributed by atoms with Crippen molar-refractivity contribution in [1.29, 1.82) is 0 Å². The molecule has 6 heteroatoms. The zero-order valence-corrected chi connectivity index (χ0v) is 8.98. The van der Waals surface area contributed by atoms with E-state index >= 15 is 0 Å². The minimum atomic E-state index is -0.973. The number of thioether (sulfide) groups is 1. The van der Waals surface area contributed by atoms with Crippen molar-refractivity contribution in [3.8, 4) is 0 Å². The van der Waals surface area contributed by atoms with Gasteiger partial charge in [-0.3, -0.25) is 0 Å². The number of nitrogens with zero attached hydrogens (tertiary/aromatic N) is 2. The molecule has 2 rings (SSSR count). The molecule has 2 aromatic heterocycles. The Morgan fingerprint density at radius 2 is 2.31 bits per heavy atom. The molecule has 0 aromatic carbocycles. The lowest BCUT2D eigenvalue weighted by molar-refractivity contribution is 0.0696. The van der Waals surface area contributed by atoms with Crippen molar-refractivity contribution in [1.82, 2.24) is 10.1 Å². The summed E-state index contributed by atoms with van der Waals surface area (Å²) in [6, 6.07) is 4.97. The standard InChI is InChI=1S/C10H8N2O3S/c13-10(14)7-1-2-9(11-5-7)16-6-8-3-4-12-15-8/h1-5H,6H2,(H,13,14). The maximum absolute atomic E-state index is 10.6. The summed E-state index contributed by atoms with van der Waals surface area (Å²) in [5.41, 5.74) is 0.184. The molecule has 2 aromatic rings. The van der Waals surface area contributed by atoms with Crippen LogP contribution in [0.1, 0.15) is 16.1 Å². The van der Waals surface area contributed by atoms with Gasteiger partial charge in [-0.15, -0.1) is 0 Å². The summed E-state index contributed by atoms with van der Waals surface area (Å²) in [5.74, 6) is 0.410. The SMILES string of the molecule is O=C(O)c1ccc(SCc2ccno2)nc1. The first kappa shape index (κ1) is 10.7. The van der Waals surface area contributed by atoms with E-state index in [0.29, 0.717) is 5.75 Å². The third-order valence-corrected chi connectivity index (χ3v) is 2.80. The highest BCUT2D eigenvalue weighted by molar-refractivity contribution is 7.98. The third-order valence-electron chi connectivity index (χ3n) is 1.84. The van der Waals surface area contributed by atoms with Gasteiger partial charge in [0, 0.05) is 12.3 Å². The van der Waals surface area contributed by atoms with Gasteiger partial charge in [-0.25, -0.2) is 9.78 Å². The average molecular weight is 236 g/mol. The molecule has 0 aliphatic rings. The van der Waals surface area contributed by atoms with Gasteiger partial charge in [0.1, 0.15) is 5.76 Å². The van der Waals surface area contributed by atoms with Crippen molar-refractivity contribution in [2.24, 2.45) is 0 Å². The van der Waals surface area contributed by atoms with E-state index < -0.39 is 5.97 Å². The second-order valence-corrected chi connectivity index (χ2v) is 3.95. The average Bonchev–Trinajstić information content (AvgIpc) is 2.80. The van der Waals surface area contributed by atoms with E-state index in [-0.39, 0.29) is 5.56 Å². The summed E-state index contributed by atoms with van der Waals surface area (Å²) in [6.45, 7) is 0. The molecule has 0 fully saturated rings. The fourth-order valence-electron chi connectivity index (χ4n) is 1.05. The fourth-order valence-corrected chi connectivity index (χ4v) is 1.78. The number of aromatic carboxylic acids is 1. The van der Waals surface area contributed by atoms with E-state index in [1.807, 2.05) is 0 Å². The van der Waals surface area contributed by atoms with Crippen LogP contribution in [0, 0.1) is 0 Å². The van der Waals surface area contributed by atoms with Crippen molar-refractivity contribution in [3.05, 3.63) is 41.9 Å². The number of rotatable bonds is 4. The van der Waals surface area contributed by atoms with Crippen molar-refractivity contribution < 1.29 is 14.4 Å². The maximum atomic E-state index is 10.6. The van der Waals surface area contributed by atoms with Crippen LogP contribution in [0.3, 0.4) is 0 Å². The smallest absolute Gasteiger partial charge is 0.337 e. The van der Waals surface area contributed by atoms with Crippen LogP contribution in [-0.4, -0.2) is 21.2 Å². The van der Waals surface area contributed by atoms with Gasteiger partial charge in [0.2, 0.25) is 0 Å². The summed E-state index contributed by atoms with van der Waals surface area (Å²) in [5, 5.41) is 13.0. The van der Waals surface area contributed by atoms with Crippen molar-refractivity contribution in [2.45, 2.75) is 10.8 Å². The fraction of sp³-hybridized carbons (Fsp3) is 0.100. The zero-order valence-electron chi connectivity index (χ0n) is 8.16. The number of hydrogen-bond acceptors (Lipinski definition) is 5. The Morgan fingerprint density at radius 3 is 2.88 bits per heavy atom. The highest BCUT2D eigenvalue weighted by Crippen LogP contribution is 2.20. The zero-order chi connectivity index (χ0) is 11.4. The molecule has 0 aliphatic carbocycles. The highest BCUT2D eigenvalue weighted by Gasteiger charge is 2.04. The molecule has 0 bridgehead atoms. The van der Waals surface area contributed by atoms with E-state index in [2.05, 4.69) is 10.1 Å². The normalized spacial score (nSPS) is 10.2. The van der Waals surface area contributed by atoms with Crippen LogP contribution < -0.4 is 0 Å². The van der Waals surface area contributed by atoms with Gasteiger partial charge >= 0.3 is 5.97 Å². The van der Waals surface area contributed by atoms with Gasteiger partial charge < -0.3 is 9.63 Å². The lowest BCUT2D eigenvalue weighted by Gasteiger charge is -1.98. The van der Waals surface area contributed by atoms with Crippen LogP contribution in [0.5, 0.6) is 0 Å². The molecule has 1 N–H and O–H groups in total. The summed E-state index contributed by atoms with van der Waals surface area (Å²) in [7, 11) is 0. The number of pyridine rings is 1. The van der Waals surface area contributed by atoms with E-state index in [0.717, 1.165) is 10.8 Å². The molecule has 0 spiro atoms. The molecule has 0 radical (unpaired) electrons. The largest absolute Gasteiger partial charge is 0.478 e. The molecule has 2 heterocycles. The molecule has 0 aliphatic heterocycles. The Bertz CT molecular complexity index is 467. The van der Waals surface area contributed by atoms with Crippen LogP contribution in [0.25, 0.3) is 0 Å². The predicted octanol–water partition coefficient (Wildman–Crippen LogP) is 2.06. The Balaban J connectivity index is 1.98. The van der Waals surface area contributed by atoms with Crippen molar-refractivity contribution >= 4 is 17.7 Å². The lowest BCUT2D eigenvalue weighted by atomic mass is 10.3. The molecule has 82 valence electrons. The Hall–Kier alpha value is -1.82. The van der Waals surface area contributed by atoms with Crippen molar-refractivity contribution in [3.63, 3.8) is 0 Å². The number of aromatic nitrogens is 2. The molecule has 0 atom stereocenters. The van der Waals surface area contributed by atoms with Crippen LogP contribution in [0.4, 0.5) is 0 Å². The molecule has 0 saturated carbocycles. The minimum absolute atomic E-state index is 0.184. The maximum Gasteiger partial charge on any atom is 0.337 e. The van der Waals surface area contributed by atoms with Crippen molar-refractivity contribution in [2.75, 3.05) is 0 Å². The Morgan fingerprint density at radius 1 is 1.44 bits per heavy atom. The molecular formula is C10H8N2O3S. The first-order valence-electron chi connectivity index (χ1n) is 4.47. The Kier molecular flexibility index (Phi) is 3.21. The lowest BCUT2D eigenvalue weighted by Crippen LogP contribution is -1.96. The third kappa shape index (κ3) is 2.60. The van der Waals surface area contributed by atoms with Gasteiger partial charge in [-0.05, 0) is 12.1 Å². The van der Waals surface area contributed by atoms with Gasteiger partial charge in [0.15, 0.2) is 0 Å². The van der Waals surface area contributed by atoms with Crippen LogP contribution in [0.15, 0.2) is 40.1 Å². The molecule has 0 unspecified atom stereocenters. The Labute approximate surface area is 95.5 Å². The summed E-state index contributed by atoms with van der Waals surface area (Å²) >= 11 is 1.46. The second-order valence-electron chi connectivity index (χ2n) is 2.96. The number of carboxylic acids is 1. The molecule has 5 nitrogen and oxygen atoms in total. The molecular weight excluding hydrogens is 228 g/mol. The van der Waals surface area contributed by atoms with Crippen LogP contribution >= 0.6 is 11.8 Å². The van der Waals surface area contributed by atoms with E-state index in [4.69, 9.17) is 9.63 Å². The quantitative estimate of drug-likeness (QED) is 0.819. The second kappa shape index (κ2) is 4.80. The first-order chi connectivity index (χ1) is 7.75. The van der Waals surface area contributed by atoms with Gasteiger partial charge in [-0.1, -0.05) is 16.9 Å². The molecule has 0 amide bonds. The predicted molar refractivity (Wildman–Crippen MR) is 57.3 cm³/mol. The van der Waals surface area contributed by atoms with Gasteiger partial charge in [0.05, 0.1) is 22.5 Å². The monoisotopic (exact) mass is 236 g/mol. The van der Waals surface area contributed by atoms with Crippen LogP contribution in [-0.2, 0) is 5.75 Å². The van der Waals surface area contributed by atoms with Gasteiger partial charge in [-0.2, -0.15) is 0 Å². The van der Waals surface area contributed by atoms with E-state index in [9.17, 15) is 4.79 Å². The summed E-state index contributed by atoms with van der Waals surface area (Å²) < 4.78 is 4.92. The topological polar surface area (TPSA) is 76.2 Å². The first-order valence-corrected chi connectivity index (χ1v) is 5.46. The number of carbonyl (C=O) groups is 1. The number of carboxylic acid groups (broad SMARTS) is 1. The molecule has 16 heavy (non-hydrogen) atoms. The number of hydrogen-bond donors (Lipinski definition) is 1. The summed E-state index contributed by atoms with van der Waals surface area (Å²) in [4.78, 5) is 14.6. The van der Waals surface area contributed by atoms with E-state index in [1.165, 1.54) is 24.0 Å². The van der Waals surface area contributed by atoms with Crippen LogP contribution in [0.2, 0.25) is 0 Å². The van der Waals surface area contributed by atoms with E-state index in [1.54, 1.807) is 18.3 Å². The minimum Gasteiger partial charge on any atom is -0.478 e. The molecule has 0 saturated heterocycles.